The van der Waals surface area contributed by atoms with Gasteiger partial charge in [0.2, 0.25) is 0 Å². The molecule has 2 aliphatic rings. The van der Waals surface area contributed by atoms with Gasteiger partial charge in [-0.05, 0) is 42.5 Å². The maximum absolute atomic E-state index is 12.9. The summed E-state index contributed by atoms with van der Waals surface area (Å²) in [5.41, 5.74) is -0.0956. The normalized spacial score (nSPS) is 31.4. The fourth-order valence-electron chi connectivity index (χ4n) is 4.22. The number of halogens is 1. The number of fused-ring (bicyclic) bond motifs is 2. The van der Waals surface area contributed by atoms with Crippen molar-refractivity contribution < 1.29 is 19.5 Å². The molecule has 1 amide bonds. The lowest BCUT2D eigenvalue weighted by Gasteiger charge is -2.36. The highest BCUT2D eigenvalue weighted by molar-refractivity contribution is 6.50. The Balaban J connectivity index is 1.94. The van der Waals surface area contributed by atoms with Gasteiger partial charge in [-0.1, -0.05) is 32.4 Å². The monoisotopic (exact) mass is 362 g/mol. The number of rotatable bonds is 3. The summed E-state index contributed by atoms with van der Waals surface area (Å²) in [5.74, 6) is -2.11. The first kappa shape index (κ1) is 17.6. The van der Waals surface area contributed by atoms with Crippen molar-refractivity contribution in [2.24, 2.45) is 21.3 Å². The molecule has 0 radical (unpaired) electrons. The molecule has 2 unspecified atom stereocenters. The zero-order valence-corrected chi connectivity index (χ0v) is 15.0. The zero-order valence-electron chi connectivity index (χ0n) is 14.2. The zero-order chi connectivity index (χ0) is 18.6. The van der Waals surface area contributed by atoms with Gasteiger partial charge in [-0.2, -0.15) is 5.10 Å². The van der Waals surface area contributed by atoms with Crippen LogP contribution >= 0.6 is 11.6 Å². The van der Waals surface area contributed by atoms with Gasteiger partial charge in [-0.25, -0.2) is 5.43 Å². The van der Waals surface area contributed by atoms with Crippen LogP contribution in [0, 0.1) is 16.2 Å². The van der Waals surface area contributed by atoms with E-state index in [4.69, 9.17) is 11.6 Å². The molecule has 0 saturated heterocycles. The third-order valence-electron chi connectivity index (χ3n) is 6.31. The number of nitrogens with one attached hydrogen (secondary N) is 1. The molecule has 3 rings (SSSR count). The molecule has 25 heavy (non-hydrogen) atoms. The van der Waals surface area contributed by atoms with Crippen LogP contribution in [0.3, 0.4) is 0 Å². The fraction of sp³-hybridized carbons (Fsp3) is 0.444. The van der Waals surface area contributed by atoms with Crippen LogP contribution in [-0.4, -0.2) is 28.5 Å². The number of carbonyl (C=O) groups excluding carboxylic acids is 2. The van der Waals surface area contributed by atoms with Gasteiger partial charge in [0.05, 0.1) is 0 Å². The average molecular weight is 363 g/mol. The third-order valence-corrected chi connectivity index (χ3v) is 6.56. The number of aliphatic carboxylic acids is 1. The van der Waals surface area contributed by atoms with Gasteiger partial charge in [0.25, 0.3) is 5.91 Å². The Morgan fingerprint density at radius 3 is 2.28 bits per heavy atom. The van der Waals surface area contributed by atoms with E-state index in [0.717, 1.165) is 0 Å². The minimum atomic E-state index is -1.48. The molecule has 2 saturated carbocycles. The van der Waals surface area contributed by atoms with Crippen molar-refractivity contribution in [2.75, 3.05) is 0 Å². The molecule has 2 bridgehead atoms. The Kier molecular flexibility index (Phi) is 3.80. The first-order valence-corrected chi connectivity index (χ1v) is 8.38. The van der Waals surface area contributed by atoms with Crippen LogP contribution in [0.1, 0.15) is 44.0 Å². The molecule has 1 aromatic rings. The number of amides is 1. The first-order valence-electron chi connectivity index (χ1n) is 8.00. The number of nitrogens with zero attached hydrogens (tertiary/aromatic N) is 1. The molecule has 0 aliphatic heterocycles. The molecule has 0 heterocycles. The van der Waals surface area contributed by atoms with Gasteiger partial charge in [-0.15, -0.1) is 0 Å². The number of hydrogen-bond donors (Lipinski definition) is 2. The number of ketones is 1. The Labute approximate surface area is 150 Å². The molecule has 132 valence electrons. The van der Waals surface area contributed by atoms with Crippen LogP contribution in [0.25, 0.3) is 0 Å². The minimum absolute atomic E-state index is 0.133. The second-order valence-corrected chi connectivity index (χ2v) is 7.84. The maximum atomic E-state index is 12.9. The van der Waals surface area contributed by atoms with E-state index >= 15 is 0 Å². The Bertz CT molecular complexity index is 815. The summed E-state index contributed by atoms with van der Waals surface area (Å²) in [6, 6.07) is 6.25. The van der Waals surface area contributed by atoms with E-state index < -0.39 is 33.9 Å². The number of carbonyl (C=O) groups is 3. The quantitative estimate of drug-likeness (QED) is 0.638. The standard InChI is InChI=1S/C18H19ClN2O4/c1-16(2)17(3)8-9-18(16,15(24)25)13(22)12(17)20-21-14(23)10-4-6-11(19)7-5-10/h4-7H,8-9H2,1-3H3,(H,21,23)(H,24,25)/b20-12+. The van der Waals surface area contributed by atoms with E-state index in [9.17, 15) is 19.5 Å². The summed E-state index contributed by atoms with van der Waals surface area (Å²) in [6.45, 7) is 5.42. The lowest BCUT2D eigenvalue weighted by atomic mass is 9.65. The van der Waals surface area contributed by atoms with Gasteiger partial charge in [0.15, 0.2) is 5.78 Å². The van der Waals surface area contributed by atoms with Crippen LogP contribution in [-0.2, 0) is 9.59 Å². The smallest absolute Gasteiger partial charge is 0.318 e. The summed E-state index contributed by atoms with van der Waals surface area (Å²) in [7, 11) is 0. The van der Waals surface area contributed by atoms with E-state index in [1.54, 1.807) is 38.1 Å². The minimum Gasteiger partial charge on any atom is -0.480 e. The van der Waals surface area contributed by atoms with Crippen molar-refractivity contribution in [3.8, 4) is 0 Å². The van der Waals surface area contributed by atoms with Crippen molar-refractivity contribution in [2.45, 2.75) is 33.6 Å². The Hall–Kier alpha value is -2.21. The first-order chi connectivity index (χ1) is 11.6. The maximum Gasteiger partial charge on any atom is 0.318 e. The lowest BCUT2D eigenvalue weighted by molar-refractivity contribution is -0.158. The lowest BCUT2D eigenvalue weighted by Crippen LogP contribution is -2.44. The van der Waals surface area contributed by atoms with E-state index in [0.29, 0.717) is 17.0 Å². The predicted octanol–water partition coefficient (Wildman–Crippen LogP) is 2.91. The summed E-state index contributed by atoms with van der Waals surface area (Å²) < 4.78 is 0. The van der Waals surface area contributed by atoms with Gasteiger partial charge >= 0.3 is 5.97 Å². The van der Waals surface area contributed by atoms with E-state index in [2.05, 4.69) is 10.5 Å². The number of hydrogen-bond acceptors (Lipinski definition) is 4. The molecule has 0 spiro atoms. The van der Waals surface area contributed by atoms with Crippen molar-refractivity contribution >= 4 is 35.0 Å². The Morgan fingerprint density at radius 2 is 1.76 bits per heavy atom. The van der Waals surface area contributed by atoms with Crippen molar-refractivity contribution in [3.63, 3.8) is 0 Å². The SMILES string of the molecule is CC12CCC(C(=O)O)(C(=O)/C1=N\NC(=O)c1ccc(Cl)cc1)C2(C)C. The van der Waals surface area contributed by atoms with Crippen LogP contribution in [0.5, 0.6) is 0 Å². The molecule has 2 fully saturated rings. The second-order valence-electron chi connectivity index (χ2n) is 7.40. The van der Waals surface area contributed by atoms with E-state index in [-0.39, 0.29) is 12.1 Å². The Morgan fingerprint density at radius 1 is 1.16 bits per heavy atom. The number of benzene rings is 1. The molecule has 0 aromatic heterocycles. The summed E-state index contributed by atoms with van der Waals surface area (Å²) in [6.07, 6.45) is 0.822. The van der Waals surface area contributed by atoms with Crippen molar-refractivity contribution in [1.82, 2.24) is 5.43 Å². The van der Waals surface area contributed by atoms with Crippen molar-refractivity contribution in [1.29, 1.82) is 0 Å². The molecule has 7 heteroatoms. The summed E-state index contributed by atoms with van der Waals surface area (Å²) >= 11 is 5.79. The molecule has 1 aromatic carbocycles. The average Bonchev–Trinajstić information content (AvgIpc) is 2.82. The molecule has 6 nitrogen and oxygen atoms in total. The fourth-order valence-corrected chi connectivity index (χ4v) is 4.34. The molecular formula is C18H19ClN2O4. The van der Waals surface area contributed by atoms with E-state index in [1.165, 1.54) is 0 Å². The highest BCUT2D eigenvalue weighted by Crippen LogP contribution is 2.69. The predicted molar refractivity (Wildman–Crippen MR) is 92.6 cm³/mol. The molecule has 2 atom stereocenters. The van der Waals surface area contributed by atoms with Gasteiger partial charge < -0.3 is 5.11 Å². The van der Waals surface area contributed by atoms with Gasteiger partial charge in [-0.3, -0.25) is 14.4 Å². The van der Waals surface area contributed by atoms with Gasteiger partial charge in [0, 0.05) is 16.0 Å². The second kappa shape index (κ2) is 5.39. The molecule has 2 aliphatic carbocycles. The van der Waals surface area contributed by atoms with Crippen LogP contribution < -0.4 is 5.43 Å². The van der Waals surface area contributed by atoms with Crippen molar-refractivity contribution in [3.05, 3.63) is 34.9 Å². The number of carboxylic acids is 1. The summed E-state index contributed by atoms with van der Waals surface area (Å²) in [5, 5.41) is 14.3. The number of Topliss-reactive ketones (excluding diaryl/α,β-unsaturated/α-hetero) is 1. The molecular weight excluding hydrogens is 344 g/mol. The van der Waals surface area contributed by atoms with Crippen LogP contribution in [0.2, 0.25) is 5.02 Å². The highest BCUT2D eigenvalue weighted by Gasteiger charge is 2.77. The summed E-state index contributed by atoms with van der Waals surface area (Å²) in [4.78, 5) is 37.0. The number of carboxylic acid groups (broad SMARTS) is 1. The number of hydrazone groups is 1. The topological polar surface area (TPSA) is 95.8 Å². The largest absolute Gasteiger partial charge is 0.480 e. The highest BCUT2D eigenvalue weighted by atomic mass is 35.5. The van der Waals surface area contributed by atoms with E-state index in [1.807, 2.05) is 6.92 Å². The third kappa shape index (κ3) is 2.10. The molecule has 2 N–H and O–H groups in total. The van der Waals surface area contributed by atoms with Crippen LogP contribution in [0.4, 0.5) is 0 Å². The van der Waals surface area contributed by atoms with Gasteiger partial charge in [0.1, 0.15) is 11.1 Å². The van der Waals surface area contributed by atoms with Crippen LogP contribution in [0.15, 0.2) is 29.4 Å².